The Labute approximate surface area is 152 Å². The van der Waals surface area contributed by atoms with Gasteiger partial charge in [0.15, 0.2) is 0 Å². The Morgan fingerprint density at radius 3 is 2.76 bits per heavy atom. The van der Waals surface area contributed by atoms with E-state index in [1.54, 1.807) is 11.3 Å². The lowest BCUT2D eigenvalue weighted by molar-refractivity contribution is 0.323. The summed E-state index contributed by atoms with van der Waals surface area (Å²) in [6.07, 6.45) is 2.69. The van der Waals surface area contributed by atoms with Gasteiger partial charge in [0.2, 0.25) is 0 Å². The molecular weight excluding hydrogens is 328 g/mol. The van der Waals surface area contributed by atoms with Crippen molar-refractivity contribution in [1.29, 1.82) is 0 Å². The molecule has 2 N–H and O–H groups in total. The first-order valence-electron chi connectivity index (χ1n) is 8.91. The van der Waals surface area contributed by atoms with Crippen LogP contribution >= 0.6 is 11.3 Å². The molecule has 25 heavy (non-hydrogen) atoms. The number of amidine groups is 1. The molecule has 130 valence electrons. The lowest BCUT2D eigenvalue weighted by Crippen LogP contribution is -2.24. The van der Waals surface area contributed by atoms with E-state index in [1.807, 2.05) is 17.5 Å². The summed E-state index contributed by atoms with van der Waals surface area (Å²) >= 11 is 1.61. The van der Waals surface area contributed by atoms with Crippen molar-refractivity contribution in [1.82, 2.24) is 9.47 Å². The van der Waals surface area contributed by atoms with Crippen LogP contribution in [0.4, 0.5) is 5.69 Å². The van der Waals surface area contributed by atoms with Crippen molar-refractivity contribution in [3.8, 4) is 0 Å². The van der Waals surface area contributed by atoms with Gasteiger partial charge in [0.25, 0.3) is 0 Å². The lowest BCUT2D eigenvalue weighted by atomic mass is 10.2. The summed E-state index contributed by atoms with van der Waals surface area (Å²) in [6, 6.07) is 12.6. The van der Waals surface area contributed by atoms with E-state index in [0.29, 0.717) is 5.84 Å². The molecule has 5 heteroatoms. The average molecular weight is 353 g/mol. The Bertz CT molecular complexity index is 886. The minimum Gasteiger partial charge on any atom is -0.383 e. The molecule has 0 radical (unpaired) electrons. The molecule has 4 nitrogen and oxygen atoms in total. The molecule has 2 aromatic heterocycles. The average Bonchev–Trinajstić information content (AvgIpc) is 3.34. The largest absolute Gasteiger partial charge is 0.383 e. The van der Waals surface area contributed by atoms with Crippen molar-refractivity contribution in [2.75, 3.05) is 19.6 Å². The Morgan fingerprint density at radius 1 is 1.16 bits per heavy atom. The fraction of sp³-hybridized carbons (Fsp3) is 0.350. The monoisotopic (exact) mass is 352 g/mol. The number of nitrogens with zero attached hydrogens (tertiary/aromatic N) is 3. The number of hydrogen-bond acceptors (Lipinski definition) is 3. The third-order valence-electron chi connectivity index (χ3n) is 4.95. The van der Waals surface area contributed by atoms with Crippen LogP contribution in [-0.2, 0) is 6.54 Å². The van der Waals surface area contributed by atoms with Gasteiger partial charge in [-0.25, -0.2) is 4.99 Å². The highest BCUT2D eigenvalue weighted by Crippen LogP contribution is 2.25. The van der Waals surface area contributed by atoms with Gasteiger partial charge < -0.3 is 15.2 Å². The SMILES string of the molecule is Cc1cc2cc(N=C(N)c3cccs3)ccc2n1CCN1CCCC1. The van der Waals surface area contributed by atoms with Crippen LogP contribution in [0.15, 0.2) is 46.8 Å². The number of rotatable bonds is 5. The maximum atomic E-state index is 6.12. The van der Waals surface area contributed by atoms with Crippen molar-refractivity contribution in [2.45, 2.75) is 26.3 Å². The maximum Gasteiger partial charge on any atom is 0.141 e. The summed E-state index contributed by atoms with van der Waals surface area (Å²) in [4.78, 5) is 8.16. The molecule has 0 atom stereocenters. The van der Waals surface area contributed by atoms with E-state index in [2.05, 4.69) is 45.6 Å². The normalized spacial score (nSPS) is 16.1. The van der Waals surface area contributed by atoms with Gasteiger partial charge in [0.1, 0.15) is 5.84 Å². The first-order chi connectivity index (χ1) is 12.2. The van der Waals surface area contributed by atoms with Crippen molar-refractivity contribution in [2.24, 2.45) is 10.7 Å². The third-order valence-corrected chi connectivity index (χ3v) is 5.85. The Balaban J connectivity index is 1.58. The second-order valence-electron chi connectivity index (χ2n) is 6.70. The molecule has 0 amide bonds. The number of nitrogens with two attached hydrogens (primary N) is 1. The minimum absolute atomic E-state index is 0.583. The van der Waals surface area contributed by atoms with Crippen LogP contribution in [0.1, 0.15) is 23.4 Å². The van der Waals surface area contributed by atoms with E-state index in [9.17, 15) is 0 Å². The summed E-state index contributed by atoms with van der Waals surface area (Å²) in [5.41, 5.74) is 9.62. The predicted octanol–water partition coefficient (Wildman–Crippen LogP) is 4.14. The number of aliphatic imine (C=N–C) groups is 1. The van der Waals surface area contributed by atoms with E-state index in [1.165, 1.54) is 42.5 Å². The molecule has 0 bridgehead atoms. The number of fused-ring (bicyclic) bond motifs is 1. The Hall–Kier alpha value is -2.11. The minimum atomic E-state index is 0.583. The predicted molar refractivity (Wildman–Crippen MR) is 107 cm³/mol. The number of thiophene rings is 1. The summed E-state index contributed by atoms with van der Waals surface area (Å²) in [5, 5.41) is 3.25. The Morgan fingerprint density at radius 2 is 2.00 bits per heavy atom. The van der Waals surface area contributed by atoms with Crippen LogP contribution in [0.2, 0.25) is 0 Å². The molecule has 0 aliphatic carbocycles. The number of aryl methyl sites for hydroxylation is 1. The fourth-order valence-corrected chi connectivity index (χ4v) is 4.26. The van der Waals surface area contributed by atoms with Gasteiger partial charge in [0, 0.05) is 29.7 Å². The van der Waals surface area contributed by atoms with E-state index < -0.39 is 0 Å². The van der Waals surface area contributed by atoms with Gasteiger partial charge in [-0.3, -0.25) is 0 Å². The van der Waals surface area contributed by atoms with Gasteiger partial charge in [-0.1, -0.05) is 6.07 Å². The molecule has 1 aliphatic rings. The summed E-state index contributed by atoms with van der Waals surface area (Å²) in [6.45, 7) is 6.87. The quantitative estimate of drug-likeness (QED) is 0.554. The van der Waals surface area contributed by atoms with Crippen LogP contribution in [-0.4, -0.2) is 34.9 Å². The Kier molecular flexibility index (Phi) is 4.59. The lowest BCUT2D eigenvalue weighted by Gasteiger charge is -2.16. The number of benzene rings is 1. The van der Waals surface area contributed by atoms with Gasteiger partial charge in [0.05, 0.1) is 10.6 Å². The van der Waals surface area contributed by atoms with Crippen LogP contribution in [0.5, 0.6) is 0 Å². The molecule has 3 heterocycles. The fourth-order valence-electron chi connectivity index (χ4n) is 3.63. The standard InChI is InChI=1S/C20H24N4S/c1-15-13-16-14-17(22-20(21)19-5-4-12-25-19)6-7-18(16)24(15)11-10-23-8-2-3-9-23/h4-7,12-14H,2-3,8-11H2,1H3,(H2,21,22). The summed E-state index contributed by atoms with van der Waals surface area (Å²) in [5.74, 6) is 0.583. The van der Waals surface area contributed by atoms with Gasteiger partial charge in [-0.15, -0.1) is 11.3 Å². The summed E-state index contributed by atoms with van der Waals surface area (Å²) < 4.78 is 2.42. The highest BCUT2D eigenvalue weighted by Gasteiger charge is 2.13. The highest BCUT2D eigenvalue weighted by atomic mass is 32.1. The van der Waals surface area contributed by atoms with E-state index in [-0.39, 0.29) is 0 Å². The molecular formula is C20H24N4S. The van der Waals surface area contributed by atoms with Crippen molar-refractivity contribution >= 4 is 33.8 Å². The zero-order valence-corrected chi connectivity index (χ0v) is 15.4. The number of hydrogen-bond donors (Lipinski definition) is 1. The van der Waals surface area contributed by atoms with E-state index >= 15 is 0 Å². The molecule has 1 aliphatic heterocycles. The van der Waals surface area contributed by atoms with E-state index in [4.69, 9.17) is 5.73 Å². The van der Waals surface area contributed by atoms with Crippen LogP contribution in [0.25, 0.3) is 10.9 Å². The molecule has 0 unspecified atom stereocenters. The second kappa shape index (κ2) is 7.02. The molecule has 3 aromatic rings. The summed E-state index contributed by atoms with van der Waals surface area (Å²) in [7, 11) is 0. The zero-order valence-electron chi connectivity index (χ0n) is 14.6. The van der Waals surface area contributed by atoms with E-state index in [0.717, 1.165) is 23.7 Å². The topological polar surface area (TPSA) is 46.5 Å². The first kappa shape index (κ1) is 16.4. The molecule has 0 saturated carbocycles. The smallest absolute Gasteiger partial charge is 0.141 e. The molecule has 1 saturated heterocycles. The van der Waals surface area contributed by atoms with Crippen molar-refractivity contribution < 1.29 is 0 Å². The van der Waals surface area contributed by atoms with Gasteiger partial charge in [-0.2, -0.15) is 0 Å². The zero-order chi connectivity index (χ0) is 17.2. The molecule has 4 rings (SSSR count). The first-order valence-corrected chi connectivity index (χ1v) is 9.79. The van der Waals surface area contributed by atoms with Crippen LogP contribution < -0.4 is 5.73 Å². The molecule has 1 fully saturated rings. The second-order valence-corrected chi connectivity index (χ2v) is 7.65. The van der Waals surface area contributed by atoms with Crippen LogP contribution in [0, 0.1) is 6.92 Å². The number of aromatic nitrogens is 1. The molecule has 1 aromatic carbocycles. The van der Waals surface area contributed by atoms with Gasteiger partial charge in [-0.05, 0) is 68.6 Å². The maximum absolute atomic E-state index is 6.12. The van der Waals surface area contributed by atoms with Crippen LogP contribution in [0.3, 0.4) is 0 Å². The van der Waals surface area contributed by atoms with Gasteiger partial charge >= 0.3 is 0 Å². The third kappa shape index (κ3) is 3.48. The number of likely N-dealkylation sites (tertiary alicyclic amines) is 1. The van der Waals surface area contributed by atoms with Crippen molar-refractivity contribution in [3.05, 3.63) is 52.3 Å². The highest BCUT2D eigenvalue weighted by molar-refractivity contribution is 7.12. The van der Waals surface area contributed by atoms with Crippen molar-refractivity contribution in [3.63, 3.8) is 0 Å². The molecule has 0 spiro atoms.